The van der Waals surface area contributed by atoms with Crippen molar-refractivity contribution in [2.45, 2.75) is 57.0 Å². The molecule has 1 saturated carbocycles. The van der Waals surface area contributed by atoms with Crippen LogP contribution in [0.3, 0.4) is 0 Å². The predicted molar refractivity (Wildman–Crippen MR) is 113 cm³/mol. The molecule has 6 rings (SSSR count). The third-order valence-corrected chi connectivity index (χ3v) is 6.85. The van der Waals surface area contributed by atoms with Crippen LogP contribution in [0.15, 0.2) is 23.0 Å². The summed E-state index contributed by atoms with van der Waals surface area (Å²) in [5.41, 5.74) is 1.31. The summed E-state index contributed by atoms with van der Waals surface area (Å²) in [5, 5.41) is 13.8. The van der Waals surface area contributed by atoms with E-state index in [1.54, 1.807) is 0 Å². The first-order valence-corrected chi connectivity index (χ1v) is 11.3. The number of likely N-dealkylation sites (tertiary alicyclic amines) is 1. The summed E-state index contributed by atoms with van der Waals surface area (Å²) in [6.07, 6.45) is 8.07. The van der Waals surface area contributed by atoms with Gasteiger partial charge < -0.3 is 14.5 Å². The van der Waals surface area contributed by atoms with Gasteiger partial charge in [-0.15, -0.1) is 5.10 Å². The summed E-state index contributed by atoms with van der Waals surface area (Å²) in [5.74, 6) is 2.14. The quantitative estimate of drug-likeness (QED) is 0.690. The van der Waals surface area contributed by atoms with E-state index in [0.29, 0.717) is 23.1 Å². The van der Waals surface area contributed by atoms with Crippen molar-refractivity contribution < 1.29 is 9.47 Å². The Hall–Kier alpha value is -2.94. The average Bonchev–Trinajstić information content (AvgIpc) is 3.56. The fraction of sp³-hybridized carbons (Fsp3) is 0.545. The maximum atomic E-state index is 13.3. The third kappa shape index (κ3) is 3.27. The lowest BCUT2D eigenvalue weighted by molar-refractivity contribution is 0.174. The Kier molecular flexibility index (Phi) is 4.63. The summed E-state index contributed by atoms with van der Waals surface area (Å²) in [7, 11) is 0. The molecule has 1 atom stereocenters. The molecule has 1 aromatic carbocycles. The molecule has 162 valence electrons. The molecular weight excluding hydrogens is 396 g/mol. The van der Waals surface area contributed by atoms with Gasteiger partial charge in [0, 0.05) is 17.0 Å². The van der Waals surface area contributed by atoms with Crippen molar-refractivity contribution in [3.8, 4) is 11.5 Å². The van der Waals surface area contributed by atoms with Crippen LogP contribution in [-0.2, 0) is 0 Å². The Morgan fingerprint density at radius 3 is 2.58 bits per heavy atom. The first-order chi connectivity index (χ1) is 15.3. The number of aromatic nitrogens is 5. The van der Waals surface area contributed by atoms with Gasteiger partial charge in [-0.3, -0.25) is 9.69 Å². The molecular formula is C22H26N6O3. The van der Waals surface area contributed by atoms with Crippen LogP contribution >= 0.6 is 0 Å². The Labute approximate surface area is 179 Å². The SMILES string of the molecule is O=c1[nH]c2cc3c(cc2cc1[C@H](c1nnnn1C1CCCCC1)N1CCCC1)OCO3. The number of rotatable bonds is 4. The van der Waals surface area contributed by atoms with Gasteiger partial charge in [0.25, 0.3) is 5.56 Å². The van der Waals surface area contributed by atoms with Crippen molar-refractivity contribution in [3.63, 3.8) is 0 Å². The van der Waals surface area contributed by atoms with Crippen molar-refractivity contribution in [3.05, 3.63) is 39.9 Å². The fourth-order valence-corrected chi connectivity index (χ4v) is 5.28. The normalized spacial score (nSPS) is 20.5. The minimum atomic E-state index is -0.266. The lowest BCUT2D eigenvalue weighted by atomic mass is 9.95. The Balaban J connectivity index is 1.48. The molecule has 9 nitrogen and oxygen atoms in total. The van der Waals surface area contributed by atoms with Gasteiger partial charge in [0.15, 0.2) is 17.3 Å². The van der Waals surface area contributed by atoms with Gasteiger partial charge in [-0.05, 0) is 61.3 Å². The van der Waals surface area contributed by atoms with Crippen molar-refractivity contribution in [1.29, 1.82) is 0 Å². The summed E-state index contributed by atoms with van der Waals surface area (Å²) in [4.78, 5) is 18.7. The van der Waals surface area contributed by atoms with Crippen molar-refractivity contribution in [2.24, 2.45) is 0 Å². The average molecular weight is 422 g/mol. The van der Waals surface area contributed by atoms with Gasteiger partial charge in [-0.1, -0.05) is 19.3 Å². The van der Waals surface area contributed by atoms with E-state index in [-0.39, 0.29) is 18.4 Å². The van der Waals surface area contributed by atoms with E-state index in [0.717, 1.165) is 55.5 Å². The van der Waals surface area contributed by atoms with Crippen molar-refractivity contribution >= 4 is 10.9 Å². The van der Waals surface area contributed by atoms with Gasteiger partial charge in [0.05, 0.1) is 11.6 Å². The predicted octanol–water partition coefficient (Wildman–Crippen LogP) is 2.93. The number of hydrogen-bond donors (Lipinski definition) is 1. The first kappa shape index (κ1) is 18.8. The van der Waals surface area contributed by atoms with Crippen LogP contribution in [0.5, 0.6) is 11.5 Å². The number of pyridine rings is 1. The second kappa shape index (κ2) is 7.64. The molecule has 0 spiro atoms. The number of fused-ring (bicyclic) bond motifs is 2. The fourth-order valence-electron chi connectivity index (χ4n) is 5.28. The smallest absolute Gasteiger partial charge is 0.253 e. The molecule has 1 N–H and O–H groups in total. The monoisotopic (exact) mass is 422 g/mol. The highest BCUT2D eigenvalue weighted by atomic mass is 16.7. The summed E-state index contributed by atoms with van der Waals surface area (Å²) >= 11 is 0. The number of nitrogens with zero attached hydrogens (tertiary/aromatic N) is 5. The molecule has 2 aliphatic heterocycles. The minimum Gasteiger partial charge on any atom is -0.454 e. The molecule has 0 unspecified atom stereocenters. The highest BCUT2D eigenvalue weighted by Crippen LogP contribution is 2.37. The standard InChI is InChI=1S/C22H26N6O3/c29-22-16(10-14-11-18-19(31-13-30-18)12-17(14)23-22)20(27-8-4-5-9-27)21-24-25-26-28(21)15-6-2-1-3-7-15/h10-12,15,20H,1-9,13H2,(H,23,29)/t20-/m1/s1. The molecule has 9 heteroatoms. The molecule has 3 aliphatic rings. The van der Waals surface area contributed by atoms with E-state index in [2.05, 4.69) is 25.4 Å². The second-order valence-electron chi connectivity index (χ2n) is 8.77. The summed E-state index contributed by atoms with van der Waals surface area (Å²) in [6.45, 7) is 2.07. The Morgan fingerprint density at radius 2 is 1.77 bits per heavy atom. The first-order valence-electron chi connectivity index (χ1n) is 11.3. The van der Waals surface area contributed by atoms with Gasteiger partial charge in [-0.2, -0.15) is 0 Å². The molecule has 0 radical (unpaired) electrons. The van der Waals surface area contributed by atoms with Crippen LogP contribution in [0.1, 0.15) is 68.4 Å². The lowest BCUT2D eigenvalue weighted by Crippen LogP contribution is -2.34. The maximum Gasteiger partial charge on any atom is 0.253 e. The highest BCUT2D eigenvalue weighted by molar-refractivity contribution is 5.83. The van der Waals surface area contributed by atoms with Gasteiger partial charge in [0.2, 0.25) is 6.79 Å². The number of nitrogens with one attached hydrogen (secondary N) is 1. The van der Waals surface area contributed by atoms with Crippen LogP contribution in [0.2, 0.25) is 0 Å². The molecule has 1 saturated heterocycles. The summed E-state index contributed by atoms with van der Waals surface area (Å²) in [6, 6.07) is 5.77. The van der Waals surface area contributed by atoms with Gasteiger partial charge in [-0.25, -0.2) is 4.68 Å². The van der Waals surface area contributed by atoms with Crippen LogP contribution < -0.4 is 15.0 Å². The maximum absolute atomic E-state index is 13.3. The molecule has 4 heterocycles. The van der Waals surface area contributed by atoms with Crippen LogP contribution in [0.25, 0.3) is 10.9 Å². The minimum absolute atomic E-state index is 0.110. The number of ether oxygens (including phenoxy) is 2. The zero-order chi connectivity index (χ0) is 20.8. The van der Waals surface area contributed by atoms with E-state index in [9.17, 15) is 4.79 Å². The van der Waals surface area contributed by atoms with Gasteiger partial charge in [0.1, 0.15) is 6.04 Å². The Morgan fingerprint density at radius 1 is 1.00 bits per heavy atom. The van der Waals surface area contributed by atoms with E-state index >= 15 is 0 Å². The molecule has 0 bridgehead atoms. The topological polar surface area (TPSA) is 98.2 Å². The second-order valence-corrected chi connectivity index (χ2v) is 8.77. The molecule has 31 heavy (non-hydrogen) atoms. The molecule has 0 amide bonds. The molecule has 2 fully saturated rings. The summed E-state index contributed by atoms with van der Waals surface area (Å²) < 4.78 is 13.0. The van der Waals surface area contributed by atoms with E-state index in [4.69, 9.17) is 9.47 Å². The zero-order valence-corrected chi connectivity index (χ0v) is 17.4. The van der Waals surface area contributed by atoms with Crippen LogP contribution in [-0.4, -0.2) is 50.0 Å². The number of aromatic amines is 1. The molecule has 3 aromatic rings. The number of benzene rings is 1. The largest absolute Gasteiger partial charge is 0.454 e. The third-order valence-electron chi connectivity index (χ3n) is 6.85. The highest BCUT2D eigenvalue weighted by Gasteiger charge is 2.34. The van der Waals surface area contributed by atoms with Crippen molar-refractivity contribution in [1.82, 2.24) is 30.1 Å². The van der Waals surface area contributed by atoms with Crippen molar-refractivity contribution in [2.75, 3.05) is 19.9 Å². The number of tetrazole rings is 1. The van der Waals surface area contributed by atoms with Crippen LogP contribution in [0.4, 0.5) is 0 Å². The van der Waals surface area contributed by atoms with Gasteiger partial charge >= 0.3 is 0 Å². The Bertz CT molecular complexity index is 1160. The zero-order valence-electron chi connectivity index (χ0n) is 17.4. The van der Waals surface area contributed by atoms with E-state index in [1.807, 2.05) is 22.9 Å². The van der Waals surface area contributed by atoms with E-state index < -0.39 is 0 Å². The molecule has 1 aliphatic carbocycles. The lowest BCUT2D eigenvalue weighted by Gasteiger charge is -2.29. The van der Waals surface area contributed by atoms with E-state index in [1.165, 1.54) is 19.3 Å². The number of hydrogen-bond acceptors (Lipinski definition) is 7. The van der Waals surface area contributed by atoms with Crippen LogP contribution in [0, 0.1) is 0 Å². The molecule has 2 aromatic heterocycles. The number of H-pyrrole nitrogens is 1.